The molecule has 0 radical (unpaired) electrons. The first-order valence-electron chi connectivity index (χ1n) is 8.12. The highest BCUT2D eigenvalue weighted by Crippen LogP contribution is 2.22. The maximum atomic E-state index is 12.7. The van der Waals surface area contributed by atoms with E-state index in [1.54, 1.807) is 43.3 Å². The van der Waals surface area contributed by atoms with Gasteiger partial charge in [0.05, 0.1) is 12.8 Å². The second kappa shape index (κ2) is 7.65. The molecule has 0 spiro atoms. The number of carbonyl (C=O) groups excluding carboxylic acids is 1. The molecule has 0 saturated heterocycles. The molecule has 2 aromatic carbocycles. The summed E-state index contributed by atoms with van der Waals surface area (Å²) in [6.07, 6.45) is 0. The van der Waals surface area contributed by atoms with E-state index in [4.69, 9.17) is 4.74 Å². The highest BCUT2D eigenvalue weighted by molar-refractivity contribution is 5.93. The van der Waals surface area contributed by atoms with Crippen LogP contribution >= 0.6 is 0 Å². The van der Waals surface area contributed by atoms with Gasteiger partial charge in [0, 0.05) is 19.2 Å². The van der Waals surface area contributed by atoms with Crippen molar-refractivity contribution in [2.45, 2.75) is 6.54 Å². The van der Waals surface area contributed by atoms with E-state index in [9.17, 15) is 9.59 Å². The maximum absolute atomic E-state index is 12.7. The van der Waals surface area contributed by atoms with Crippen LogP contribution in [0, 0.1) is 0 Å². The van der Waals surface area contributed by atoms with Crippen LogP contribution in [0.1, 0.15) is 16.1 Å². The van der Waals surface area contributed by atoms with Crippen LogP contribution < -0.4 is 10.4 Å². The summed E-state index contributed by atoms with van der Waals surface area (Å²) in [6.45, 7) is 0.443. The van der Waals surface area contributed by atoms with Crippen molar-refractivity contribution in [2.75, 3.05) is 14.2 Å². The van der Waals surface area contributed by atoms with Gasteiger partial charge in [-0.15, -0.1) is 0 Å². The Bertz CT molecular complexity index is 967. The van der Waals surface area contributed by atoms with E-state index < -0.39 is 5.69 Å². The molecule has 1 amide bonds. The number of rotatable bonds is 5. The normalized spacial score (nSPS) is 10.4. The van der Waals surface area contributed by atoms with Crippen LogP contribution in [0.4, 0.5) is 0 Å². The Hall–Kier alpha value is -3.41. The minimum atomic E-state index is -0.568. The van der Waals surface area contributed by atoms with Crippen LogP contribution in [0.15, 0.2) is 65.5 Å². The highest BCUT2D eigenvalue weighted by Gasteiger charge is 2.15. The number of aromatic nitrogens is 2. The topological polar surface area (TPSA) is 75.3 Å². The molecular weight excluding hydrogens is 330 g/mol. The minimum absolute atomic E-state index is 0.196. The molecule has 0 fully saturated rings. The lowest BCUT2D eigenvalue weighted by molar-refractivity contribution is 0.0779. The lowest BCUT2D eigenvalue weighted by atomic mass is 10.1. The number of H-pyrrole nitrogens is 1. The van der Waals surface area contributed by atoms with Crippen molar-refractivity contribution >= 4 is 5.91 Å². The molecule has 3 aromatic rings. The van der Waals surface area contributed by atoms with Crippen LogP contribution in [0.25, 0.3) is 11.3 Å². The lowest BCUT2D eigenvalue weighted by Gasteiger charge is -2.17. The van der Waals surface area contributed by atoms with Crippen molar-refractivity contribution in [3.05, 3.63) is 82.4 Å². The van der Waals surface area contributed by atoms with Crippen LogP contribution in [0.2, 0.25) is 0 Å². The Morgan fingerprint density at radius 1 is 1.12 bits per heavy atom. The van der Waals surface area contributed by atoms with Gasteiger partial charge in [-0.1, -0.05) is 42.5 Å². The van der Waals surface area contributed by atoms with Crippen molar-refractivity contribution in [2.24, 2.45) is 0 Å². The molecule has 0 saturated carbocycles. The third-order valence-electron chi connectivity index (χ3n) is 3.95. The molecule has 0 aliphatic rings. The molecule has 1 N–H and O–H groups in total. The van der Waals surface area contributed by atoms with Crippen LogP contribution in [-0.2, 0) is 6.54 Å². The maximum Gasteiger partial charge on any atom is 0.346 e. The number of amides is 1. The van der Waals surface area contributed by atoms with Crippen molar-refractivity contribution < 1.29 is 9.53 Å². The second-order valence-electron chi connectivity index (χ2n) is 5.86. The van der Waals surface area contributed by atoms with Gasteiger partial charge in [-0.3, -0.25) is 4.79 Å². The quantitative estimate of drug-likeness (QED) is 0.768. The average molecular weight is 349 g/mol. The van der Waals surface area contributed by atoms with Crippen molar-refractivity contribution in [1.29, 1.82) is 0 Å². The molecule has 132 valence electrons. The second-order valence-corrected chi connectivity index (χ2v) is 5.86. The molecule has 3 rings (SSSR count). The number of ether oxygens (including phenoxy) is 1. The average Bonchev–Trinajstić information content (AvgIpc) is 2.67. The first-order valence-corrected chi connectivity index (χ1v) is 8.12. The van der Waals surface area contributed by atoms with E-state index in [2.05, 4.69) is 9.97 Å². The number of nitrogens with one attached hydrogen (secondary N) is 1. The number of carbonyl (C=O) groups is 1. The van der Waals surface area contributed by atoms with Crippen LogP contribution in [0.3, 0.4) is 0 Å². The van der Waals surface area contributed by atoms with Crippen LogP contribution in [-0.4, -0.2) is 34.9 Å². The van der Waals surface area contributed by atoms with Gasteiger partial charge in [0.25, 0.3) is 5.91 Å². The molecule has 1 heterocycles. The van der Waals surface area contributed by atoms with E-state index in [1.165, 1.54) is 0 Å². The fraction of sp³-hybridized carbons (Fsp3) is 0.150. The summed E-state index contributed by atoms with van der Waals surface area (Å²) < 4.78 is 5.20. The van der Waals surface area contributed by atoms with Gasteiger partial charge < -0.3 is 14.6 Å². The lowest BCUT2D eigenvalue weighted by Crippen LogP contribution is -2.29. The number of aromatic amines is 1. The first kappa shape index (κ1) is 17.4. The number of methoxy groups -OCH3 is 1. The van der Waals surface area contributed by atoms with Gasteiger partial charge in [-0.2, -0.15) is 4.98 Å². The Morgan fingerprint density at radius 3 is 2.62 bits per heavy atom. The number of nitrogens with zero attached hydrogens (tertiary/aromatic N) is 2. The first-order chi connectivity index (χ1) is 12.6. The Balaban J connectivity index is 1.89. The smallest absolute Gasteiger partial charge is 0.346 e. The molecular formula is C20H19N3O3. The minimum Gasteiger partial charge on any atom is -0.497 e. The number of hydrogen-bond acceptors (Lipinski definition) is 4. The number of hydrogen-bond donors (Lipinski definition) is 1. The summed E-state index contributed by atoms with van der Waals surface area (Å²) in [6, 6.07) is 18.4. The van der Waals surface area contributed by atoms with Gasteiger partial charge >= 0.3 is 5.69 Å². The molecule has 26 heavy (non-hydrogen) atoms. The van der Waals surface area contributed by atoms with E-state index in [0.29, 0.717) is 23.6 Å². The molecule has 6 nitrogen and oxygen atoms in total. The molecule has 0 aliphatic carbocycles. The largest absolute Gasteiger partial charge is 0.497 e. The van der Waals surface area contributed by atoms with Crippen molar-refractivity contribution in [3.63, 3.8) is 0 Å². The van der Waals surface area contributed by atoms with Gasteiger partial charge in [0.2, 0.25) is 0 Å². The third-order valence-corrected chi connectivity index (χ3v) is 3.95. The fourth-order valence-electron chi connectivity index (χ4n) is 2.64. The summed E-state index contributed by atoms with van der Waals surface area (Å²) in [4.78, 5) is 32.7. The highest BCUT2D eigenvalue weighted by atomic mass is 16.5. The molecule has 0 unspecified atom stereocenters. The SMILES string of the molecule is COc1cccc(-c2cc(C(=O)N(C)Cc3ccccc3)[nH]c(=O)n2)c1. The zero-order valence-electron chi connectivity index (χ0n) is 14.6. The fourth-order valence-corrected chi connectivity index (χ4v) is 2.64. The standard InChI is InChI=1S/C20H19N3O3/c1-23(13-14-7-4-3-5-8-14)19(24)18-12-17(21-20(25)22-18)15-9-6-10-16(11-15)26-2/h3-12H,13H2,1-2H3,(H,21,22,25). The van der Waals surface area contributed by atoms with Crippen molar-refractivity contribution in [1.82, 2.24) is 14.9 Å². The third kappa shape index (κ3) is 3.97. The Kier molecular flexibility index (Phi) is 5.12. The zero-order chi connectivity index (χ0) is 18.5. The van der Waals surface area contributed by atoms with Gasteiger partial charge in [0.1, 0.15) is 11.4 Å². The Labute approximate surface area is 151 Å². The van der Waals surface area contributed by atoms with E-state index in [1.807, 2.05) is 36.4 Å². The number of benzene rings is 2. The molecule has 0 aliphatic heterocycles. The summed E-state index contributed by atoms with van der Waals surface area (Å²) in [5.41, 5.74) is 1.76. The van der Waals surface area contributed by atoms with Gasteiger partial charge in [0.15, 0.2) is 0 Å². The molecule has 1 aromatic heterocycles. The summed E-state index contributed by atoms with van der Waals surface area (Å²) >= 11 is 0. The predicted molar refractivity (Wildman–Crippen MR) is 99.1 cm³/mol. The van der Waals surface area contributed by atoms with Crippen molar-refractivity contribution in [3.8, 4) is 17.0 Å². The van der Waals surface area contributed by atoms with E-state index >= 15 is 0 Å². The zero-order valence-corrected chi connectivity index (χ0v) is 14.6. The monoisotopic (exact) mass is 349 g/mol. The summed E-state index contributed by atoms with van der Waals surface area (Å²) in [5, 5.41) is 0. The van der Waals surface area contributed by atoms with Crippen LogP contribution in [0.5, 0.6) is 5.75 Å². The Morgan fingerprint density at radius 2 is 1.88 bits per heavy atom. The molecule has 6 heteroatoms. The molecule has 0 atom stereocenters. The predicted octanol–water partition coefficient (Wildman–Crippen LogP) is 2.72. The van der Waals surface area contributed by atoms with Gasteiger partial charge in [-0.05, 0) is 23.8 Å². The molecule has 0 bridgehead atoms. The summed E-state index contributed by atoms with van der Waals surface area (Å²) in [5.74, 6) is 0.371. The van der Waals surface area contributed by atoms with E-state index in [-0.39, 0.29) is 11.6 Å². The summed E-state index contributed by atoms with van der Waals surface area (Å²) in [7, 11) is 3.26. The van der Waals surface area contributed by atoms with Gasteiger partial charge in [-0.25, -0.2) is 4.79 Å². The van der Waals surface area contributed by atoms with E-state index in [0.717, 1.165) is 5.56 Å².